The first-order valence-electron chi connectivity index (χ1n) is 5.19. The summed E-state index contributed by atoms with van der Waals surface area (Å²) >= 11 is 3.32. The Labute approximate surface area is 112 Å². The van der Waals surface area contributed by atoms with E-state index in [1.54, 1.807) is 25.3 Å². The van der Waals surface area contributed by atoms with E-state index in [9.17, 15) is 9.00 Å². The molecule has 94 valence electrons. The average Bonchev–Trinajstić information content (AvgIpc) is 2.28. The van der Waals surface area contributed by atoms with Gasteiger partial charge in [0.25, 0.3) is 0 Å². The van der Waals surface area contributed by atoms with Crippen molar-refractivity contribution in [3.63, 3.8) is 0 Å². The standard InChI is InChI=1S/C12H15BrO3S/c1-8(2)17(15)7-11(14)9-4-5-12(16-3)10(13)6-9/h4-6,8H,7H2,1-3H3. The van der Waals surface area contributed by atoms with Crippen LogP contribution in [0.3, 0.4) is 0 Å². The Morgan fingerprint density at radius 1 is 1.47 bits per heavy atom. The average molecular weight is 319 g/mol. The lowest BCUT2D eigenvalue weighted by Crippen LogP contribution is -2.17. The van der Waals surface area contributed by atoms with Gasteiger partial charge in [0, 0.05) is 21.6 Å². The summed E-state index contributed by atoms with van der Waals surface area (Å²) in [5.41, 5.74) is 0.548. The van der Waals surface area contributed by atoms with Crippen molar-refractivity contribution >= 4 is 32.5 Å². The Balaban J connectivity index is 2.83. The minimum Gasteiger partial charge on any atom is -0.496 e. The van der Waals surface area contributed by atoms with E-state index in [1.165, 1.54) is 0 Å². The van der Waals surface area contributed by atoms with E-state index >= 15 is 0 Å². The van der Waals surface area contributed by atoms with Crippen LogP contribution in [0.15, 0.2) is 22.7 Å². The highest BCUT2D eigenvalue weighted by Gasteiger charge is 2.14. The SMILES string of the molecule is COc1ccc(C(=O)CS(=O)C(C)C)cc1Br. The number of carbonyl (C=O) groups excluding carboxylic acids is 1. The van der Waals surface area contributed by atoms with Crippen LogP contribution in [-0.2, 0) is 10.8 Å². The second-order valence-electron chi connectivity index (χ2n) is 3.85. The van der Waals surface area contributed by atoms with Crippen molar-refractivity contribution in [2.45, 2.75) is 19.1 Å². The van der Waals surface area contributed by atoms with Gasteiger partial charge in [-0.1, -0.05) is 13.8 Å². The van der Waals surface area contributed by atoms with Gasteiger partial charge in [-0.2, -0.15) is 0 Å². The highest BCUT2D eigenvalue weighted by Crippen LogP contribution is 2.25. The molecule has 1 atom stereocenters. The fraction of sp³-hybridized carbons (Fsp3) is 0.417. The van der Waals surface area contributed by atoms with Gasteiger partial charge in [-0.3, -0.25) is 9.00 Å². The van der Waals surface area contributed by atoms with Crippen molar-refractivity contribution in [3.05, 3.63) is 28.2 Å². The lowest BCUT2D eigenvalue weighted by Gasteiger charge is -2.07. The summed E-state index contributed by atoms with van der Waals surface area (Å²) in [5, 5.41) is 0.000592. The molecule has 0 amide bonds. The van der Waals surface area contributed by atoms with Gasteiger partial charge >= 0.3 is 0 Å². The molecule has 3 nitrogen and oxygen atoms in total. The molecule has 1 unspecified atom stereocenters. The first-order chi connectivity index (χ1) is 7.95. The molecule has 17 heavy (non-hydrogen) atoms. The largest absolute Gasteiger partial charge is 0.496 e. The van der Waals surface area contributed by atoms with Crippen LogP contribution in [0.25, 0.3) is 0 Å². The zero-order valence-electron chi connectivity index (χ0n) is 10.0. The van der Waals surface area contributed by atoms with Gasteiger partial charge in [0.05, 0.1) is 17.3 Å². The molecule has 1 aromatic rings. The Kier molecular flexibility index (Phi) is 5.33. The molecule has 0 N–H and O–H groups in total. The number of methoxy groups -OCH3 is 1. The van der Waals surface area contributed by atoms with E-state index in [1.807, 2.05) is 13.8 Å². The highest BCUT2D eigenvalue weighted by molar-refractivity contribution is 9.10. The number of ketones is 1. The monoisotopic (exact) mass is 318 g/mol. The Morgan fingerprint density at radius 3 is 2.59 bits per heavy atom. The molecule has 0 aliphatic heterocycles. The molecule has 1 aromatic carbocycles. The normalized spacial score (nSPS) is 12.5. The smallest absolute Gasteiger partial charge is 0.175 e. The predicted molar refractivity (Wildman–Crippen MR) is 73.2 cm³/mol. The van der Waals surface area contributed by atoms with Gasteiger partial charge in [-0.15, -0.1) is 0 Å². The molecule has 0 aromatic heterocycles. The maximum absolute atomic E-state index is 11.9. The summed E-state index contributed by atoms with van der Waals surface area (Å²) in [5.74, 6) is 0.628. The number of benzene rings is 1. The van der Waals surface area contributed by atoms with Crippen LogP contribution in [0.2, 0.25) is 0 Å². The zero-order chi connectivity index (χ0) is 13.0. The lowest BCUT2D eigenvalue weighted by molar-refractivity contribution is 0.102. The number of rotatable bonds is 5. The molecule has 0 saturated carbocycles. The maximum atomic E-state index is 11.9. The highest BCUT2D eigenvalue weighted by atomic mass is 79.9. The minimum absolute atomic E-state index is 0.000592. The second kappa shape index (κ2) is 6.31. The molecule has 0 fully saturated rings. The van der Waals surface area contributed by atoms with Crippen LogP contribution in [0.4, 0.5) is 0 Å². The fourth-order valence-corrected chi connectivity index (χ4v) is 2.52. The van der Waals surface area contributed by atoms with E-state index in [0.717, 1.165) is 4.47 Å². The zero-order valence-corrected chi connectivity index (χ0v) is 12.4. The van der Waals surface area contributed by atoms with E-state index in [4.69, 9.17) is 4.74 Å². The van der Waals surface area contributed by atoms with Gasteiger partial charge in [0.2, 0.25) is 0 Å². The molecule has 5 heteroatoms. The lowest BCUT2D eigenvalue weighted by atomic mass is 10.1. The summed E-state index contributed by atoms with van der Waals surface area (Å²) in [7, 11) is 0.453. The molecule has 0 aliphatic rings. The van der Waals surface area contributed by atoms with Crippen molar-refractivity contribution in [1.29, 1.82) is 0 Å². The number of carbonyl (C=O) groups is 1. The van der Waals surface area contributed by atoms with Crippen LogP contribution in [0.1, 0.15) is 24.2 Å². The topological polar surface area (TPSA) is 43.4 Å². The van der Waals surface area contributed by atoms with Gasteiger partial charge in [-0.05, 0) is 34.1 Å². The fourth-order valence-electron chi connectivity index (χ4n) is 1.22. The Hall–Kier alpha value is -0.680. The van der Waals surface area contributed by atoms with Gasteiger partial charge in [-0.25, -0.2) is 0 Å². The number of hydrogen-bond donors (Lipinski definition) is 0. The first kappa shape index (κ1) is 14.4. The van der Waals surface area contributed by atoms with E-state index in [2.05, 4.69) is 15.9 Å². The van der Waals surface area contributed by atoms with Crippen LogP contribution >= 0.6 is 15.9 Å². The van der Waals surface area contributed by atoms with Crippen molar-refractivity contribution < 1.29 is 13.7 Å². The molecular weight excluding hydrogens is 304 g/mol. The molecule has 1 rings (SSSR count). The molecule has 0 bridgehead atoms. The van der Waals surface area contributed by atoms with Crippen LogP contribution < -0.4 is 4.74 Å². The predicted octanol–water partition coefficient (Wildman–Crippen LogP) is 2.80. The third kappa shape index (κ3) is 3.92. The van der Waals surface area contributed by atoms with E-state index in [-0.39, 0.29) is 16.8 Å². The van der Waals surface area contributed by atoms with Crippen molar-refractivity contribution in [1.82, 2.24) is 0 Å². The summed E-state index contributed by atoms with van der Waals surface area (Å²) in [4.78, 5) is 11.9. The van der Waals surface area contributed by atoms with E-state index in [0.29, 0.717) is 11.3 Å². The molecule has 0 radical (unpaired) electrons. The third-order valence-corrected chi connectivity index (χ3v) is 4.49. The van der Waals surface area contributed by atoms with Crippen LogP contribution in [0.5, 0.6) is 5.75 Å². The molecule has 0 heterocycles. The number of ether oxygens (including phenoxy) is 1. The summed E-state index contributed by atoms with van der Waals surface area (Å²) in [6.45, 7) is 3.68. The quantitative estimate of drug-likeness (QED) is 0.784. The third-order valence-electron chi connectivity index (χ3n) is 2.27. The molecule has 0 saturated heterocycles. The van der Waals surface area contributed by atoms with Crippen molar-refractivity contribution in [2.75, 3.05) is 12.9 Å². The van der Waals surface area contributed by atoms with Gasteiger partial charge in [0.1, 0.15) is 5.75 Å². The summed E-state index contributed by atoms with van der Waals surface area (Å²) in [6, 6.07) is 5.09. The molecule has 0 aliphatic carbocycles. The number of Topliss-reactive ketones (excluding diaryl/α,β-unsaturated/α-hetero) is 1. The number of halogens is 1. The number of hydrogen-bond acceptors (Lipinski definition) is 3. The van der Waals surface area contributed by atoms with Gasteiger partial charge < -0.3 is 4.74 Å². The summed E-state index contributed by atoms with van der Waals surface area (Å²) < 4.78 is 17.4. The molecular formula is C12H15BrO3S. The van der Waals surface area contributed by atoms with Crippen LogP contribution in [-0.4, -0.2) is 28.1 Å². The second-order valence-corrected chi connectivity index (χ2v) is 6.69. The first-order valence-corrected chi connectivity index (χ1v) is 7.37. The van der Waals surface area contributed by atoms with Crippen molar-refractivity contribution in [3.8, 4) is 5.75 Å². The minimum atomic E-state index is -1.11. The van der Waals surface area contributed by atoms with Gasteiger partial charge in [0.15, 0.2) is 5.78 Å². The van der Waals surface area contributed by atoms with Crippen LogP contribution in [0, 0.1) is 0 Å². The Morgan fingerprint density at radius 2 is 2.12 bits per heavy atom. The maximum Gasteiger partial charge on any atom is 0.175 e. The Bertz CT molecular complexity index is 443. The van der Waals surface area contributed by atoms with Crippen molar-refractivity contribution in [2.24, 2.45) is 0 Å². The molecule has 0 spiro atoms. The van der Waals surface area contributed by atoms with E-state index < -0.39 is 10.8 Å². The summed E-state index contributed by atoms with van der Waals surface area (Å²) in [6.07, 6.45) is 0.